The third kappa shape index (κ3) is 4.89. The van der Waals surface area contributed by atoms with Crippen LogP contribution in [0.3, 0.4) is 0 Å². The van der Waals surface area contributed by atoms with Crippen molar-refractivity contribution >= 4 is 63.6 Å². The number of aliphatic imine (C=N–C) groups is 1. The summed E-state index contributed by atoms with van der Waals surface area (Å²) in [6, 6.07) is 1.30. The number of halogens is 5. The van der Waals surface area contributed by atoms with Crippen LogP contribution in [0.5, 0.6) is 0 Å². The molecule has 0 saturated heterocycles. The van der Waals surface area contributed by atoms with Crippen molar-refractivity contribution in [1.82, 2.24) is 9.78 Å². The molecule has 0 aliphatic carbocycles. The molecule has 2 aromatic rings. The number of anilines is 2. The number of hydrogen-bond donors (Lipinski definition) is 2. The van der Waals surface area contributed by atoms with Crippen molar-refractivity contribution in [3.8, 4) is 0 Å². The van der Waals surface area contributed by atoms with Gasteiger partial charge in [0.2, 0.25) is 5.96 Å². The number of benzene rings is 1. The summed E-state index contributed by atoms with van der Waals surface area (Å²) >= 11 is 10.0. The summed E-state index contributed by atoms with van der Waals surface area (Å²) in [4.78, 5) is 15.7. The number of aromatic nitrogens is 2. The second kappa shape index (κ2) is 8.69. The molecule has 1 aromatic carbocycles. The quantitative estimate of drug-likeness (QED) is 0.402. The summed E-state index contributed by atoms with van der Waals surface area (Å²) in [6.07, 6.45) is -3.49. The topological polar surface area (TPSA) is 126 Å². The molecule has 0 spiro atoms. The molecule has 0 aliphatic rings. The highest BCUT2D eigenvalue weighted by Crippen LogP contribution is 2.40. The number of nitrogens with two attached hydrogens (primary N) is 2. The van der Waals surface area contributed by atoms with Crippen LogP contribution >= 0.6 is 23.2 Å². The second-order valence-electron chi connectivity index (χ2n) is 5.51. The van der Waals surface area contributed by atoms with Crippen molar-refractivity contribution < 1.29 is 22.5 Å². The smallest absolute Gasteiger partial charge is 0.416 e. The summed E-state index contributed by atoms with van der Waals surface area (Å²) < 4.78 is 52.5. The van der Waals surface area contributed by atoms with E-state index in [2.05, 4.69) is 10.1 Å². The molecule has 1 aromatic heterocycles. The molecular formula is C15H15Cl2F3N6O2S. The van der Waals surface area contributed by atoms with E-state index >= 15 is 0 Å². The van der Waals surface area contributed by atoms with Crippen LogP contribution < -0.4 is 15.8 Å². The minimum absolute atomic E-state index is 0.0282. The van der Waals surface area contributed by atoms with Crippen LogP contribution in [0.4, 0.5) is 30.4 Å². The van der Waals surface area contributed by atoms with Gasteiger partial charge in [0.1, 0.15) is 11.4 Å². The number of hydrogen-bond acceptors (Lipinski definition) is 5. The molecule has 29 heavy (non-hydrogen) atoms. The molecule has 0 fully saturated rings. The van der Waals surface area contributed by atoms with Crippen LogP contribution in [0.2, 0.25) is 10.0 Å². The van der Waals surface area contributed by atoms with Crippen LogP contribution in [0.25, 0.3) is 0 Å². The largest absolute Gasteiger partial charge is 0.593 e. The average molecular weight is 471 g/mol. The molecule has 1 unspecified atom stereocenters. The van der Waals surface area contributed by atoms with E-state index in [0.29, 0.717) is 12.1 Å². The van der Waals surface area contributed by atoms with Crippen LogP contribution in [-0.2, 0) is 22.3 Å². The lowest BCUT2D eigenvalue weighted by molar-refractivity contribution is -0.137. The summed E-state index contributed by atoms with van der Waals surface area (Å²) in [5, 5.41) is 3.10. The van der Waals surface area contributed by atoms with Gasteiger partial charge in [-0.2, -0.15) is 23.0 Å². The first-order chi connectivity index (χ1) is 13.4. The number of alkyl halides is 3. The van der Waals surface area contributed by atoms with E-state index in [9.17, 15) is 22.5 Å². The van der Waals surface area contributed by atoms with Gasteiger partial charge in [-0.15, -0.1) is 4.31 Å². The number of amides is 1. The van der Waals surface area contributed by atoms with Gasteiger partial charge in [0.25, 0.3) is 5.91 Å². The van der Waals surface area contributed by atoms with Crippen molar-refractivity contribution in [1.29, 1.82) is 0 Å². The van der Waals surface area contributed by atoms with E-state index in [1.165, 1.54) is 6.92 Å². The Labute approximate surface area is 176 Å². The molecule has 2 rings (SSSR count). The Kier molecular flexibility index (Phi) is 6.93. The first-order valence-corrected chi connectivity index (χ1v) is 9.85. The van der Waals surface area contributed by atoms with Crippen LogP contribution in [0.15, 0.2) is 23.3 Å². The molecule has 1 amide bonds. The Balaban J connectivity index is 2.49. The van der Waals surface area contributed by atoms with E-state index in [1.54, 1.807) is 6.92 Å². The predicted octanol–water partition coefficient (Wildman–Crippen LogP) is 3.32. The van der Waals surface area contributed by atoms with Gasteiger partial charge in [0, 0.05) is 6.92 Å². The normalized spacial score (nSPS) is 13.4. The predicted molar refractivity (Wildman–Crippen MR) is 107 cm³/mol. The SMILES string of the molecule is CC[S+]([O-])N(C(C)=O)c1cnn(C(N)=Nc2c(Cl)cc(C(F)(F)F)cc2Cl)c1N. The first kappa shape index (κ1) is 23.1. The van der Waals surface area contributed by atoms with Gasteiger partial charge in [-0.25, -0.2) is 4.99 Å². The fraction of sp³-hybridized carbons (Fsp3) is 0.267. The number of nitrogens with zero attached hydrogens (tertiary/aromatic N) is 4. The molecule has 0 aliphatic heterocycles. The average Bonchev–Trinajstić information content (AvgIpc) is 2.98. The molecule has 1 atom stereocenters. The number of rotatable bonds is 4. The lowest BCUT2D eigenvalue weighted by atomic mass is 10.2. The van der Waals surface area contributed by atoms with Crippen molar-refractivity contribution in [2.75, 3.05) is 15.8 Å². The highest BCUT2D eigenvalue weighted by molar-refractivity contribution is 7.93. The van der Waals surface area contributed by atoms with E-state index in [4.69, 9.17) is 34.7 Å². The van der Waals surface area contributed by atoms with Crippen LogP contribution in [0.1, 0.15) is 19.4 Å². The van der Waals surface area contributed by atoms with Crippen molar-refractivity contribution in [2.45, 2.75) is 20.0 Å². The van der Waals surface area contributed by atoms with E-state index in [-0.39, 0.29) is 28.9 Å². The van der Waals surface area contributed by atoms with Crippen LogP contribution in [0, 0.1) is 0 Å². The van der Waals surface area contributed by atoms with Gasteiger partial charge >= 0.3 is 6.18 Å². The summed E-state index contributed by atoms with van der Waals surface area (Å²) in [5.74, 6) is -0.948. The standard InChI is InChI=1S/C15H15Cl2F3N6O2S/c1-3-29(28)26(7(2)27)11-6-23-25(13(11)21)14(22)24-12-9(16)4-8(5-10(12)17)15(18,19)20/h4-6H,3,21H2,1-2H3,(H2,22,24). The number of nitrogen functional groups attached to an aromatic ring is 1. The van der Waals surface area contributed by atoms with Gasteiger partial charge in [0.05, 0.1) is 33.2 Å². The fourth-order valence-electron chi connectivity index (χ4n) is 2.24. The Bertz CT molecular complexity index is 943. The molecule has 158 valence electrons. The maximum absolute atomic E-state index is 12.8. The number of carbonyl (C=O) groups excluding carboxylic acids is 1. The Morgan fingerprint density at radius 3 is 2.38 bits per heavy atom. The van der Waals surface area contributed by atoms with Gasteiger partial charge in [0.15, 0.2) is 11.5 Å². The minimum atomic E-state index is -4.65. The maximum Gasteiger partial charge on any atom is 0.416 e. The molecule has 1 heterocycles. The highest BCUT2D eigenvalue weighted by Gasteiger charge is 2.32. The van der Waals surface area contributed by atoms with Crippen LogP contribution in [-0.4, -0.2) is 32.0 Å². The van der Waals surface area contributed by atoms with E-state index < -0.39 is 39.1 Å². The second-order valence-corrected chi connectivity index (χ2v) is 7.91. The fourth-order valence-corrected chi connectivity index (χ4v) is 3.71. The highest BCUT2D eigenvalue weighted by atomic mass is 35.5. The number of carbonyl (C=O) groups is 1. The third-order valence-corrected chi connectivity index (χ3v) is 5.46. The van der Waals surface area contributed by atoms with Gasteiger partial charge < -0.3 is 16.0 Å². The summed E-state index contributed by atoms with van der Waals surface area (Å²) in [7, 11) is 0. The lowest BCUT2D eigenvalue weighted by Gasteiger charge is -2.21. The zero-order valence-electron chi connectivity index (χ0n) is 15.0. The van der Waals surface area contributed by atoms with Gasteiger partial charge in [-0.1, -0.05) is 23.2 Å². The Morgan fingerprint density at radius 1 is 1.38 bits per heavy atom. The summed E-state index contributed by atoms with van der Waals surface area (Å²) in [5.41, 5.74) is 10.5. The Morgan fingerprint density at radius 2 is 1.93 bits per heavy atom. The maximum atomic E-state index is 12.8. The molecular weight excluding hydrogens is 456 g/mol. The zero-order valence-corrected chi connectivity index (χ0v) is 17.3. The van der Waals surface area contributed by atoms with E-state index in [0.717, 1.165) is 15.2 Å². The van der Waals surface area contributed by atoms with Gasteiger partial charge in [-0.3, -0.25) is 4.79 Å². The molecule has 0 bridgehead atoms. The third-order valence-electron chi connectivity index (χ3n) is 3.53. The molecule has 8 nitrogen and oxygen atoms in total. The molecule has 0 saturated carbocycles. The monoisotopic (exact) mass is 470 g/mol. The minimum Gasteiger partial charge on any atom is -0.593 e. The molecule has 0 radical (unpaired) electrons. The van der Waals surface area contributed by atoms with Crippen molar-refractivity contribution in [3.05, 3.63) is 33.9 Å². The van der Waals surface area contributed by atoms with Gasteiger partial charge in [-0.05, 0) is 19.1 Å². The van der Waals surface area contributed by atoms with E-state index in [1.807, 2.05) is 0 Å². The molecule has 4 N–H and O–H groups in total. The first-order valence-electron chi connectivity index (χ1n) is 7.81. The summed E-state index contributed by atoms with van der Waals surface area (Å²) in [6.45, 7) is 2.81. The van der Waals surface area contributed by atoms with Crippen molar-refractivity contribution in [2.24, 2.45) is 10.7 Å². The Hall–Kier alpha value is -2.15. The zero-order chi connectivity index (χ0) is 22.1. The van der Waals surface area contributed by atoms with Crippen molar-refractivity contribution in [3.63, 3.8) is 0 Å². The molecule has 14 heteroatoms. The lowest BCUT2D eigenvalue weighted by Crippen LogP contribution is -2.37.